The number of hydrogen-bond acceptors (Lipinski definition) is 4. The van der Waals surface area contributed by atoms with Crippen molar-refractivity contribution < 1.29 is 14.2 Å². The summed E-state index contributed by atoms with van der Waals surface area (Å²) in [5, 5.41) is 0. The molecule has 4 heteroatoms. The van der Waals surface area contributed by atoms with Gasteiger partial charge < -0.3 is 14.2 Å². The van der Waals surface area contributed by atoms with Crippen molar-refractivity contribution in [2.75, 3.05) is 13.2 Å². The van der Waals surface area contributed by atoms with Crippen molar-refractivity contribution in [1.82, 2.24) is 0 Å². The Morgan fingerprint density at radius 2 is 1.92 bits per heavy atom. The Morgan fingerprint density at radius 3 is 2.52 bits per heavy atom. The first kappa shape index (κ1) is 18.4. The van der Waals surface area contributed by atoms with E-state index in [2.05, 4.69) is 57.0 Å². The van der Waals surface area contributed by atoms with Crippen molar-refractivity contribution in [2.24, 2.45) is 16.8 Å². The van der Waals surface area contributed by atoms with Crippen LogP contribution in [-0.4, -0.2) is 31.3 Å². The number of hydrogen-bond donors (Lipinski definition) is 0. The molecule has 0 spiro atoms. The van der Waals surface area contributed by atoms with Crippen molar-refractivity contribution >= 4 is 5.90 Å². The van der Waals surface area contributed by atoms with Gasteiger partial charge in [0.05, 0.1) is 18.8 Å². The minimum Gasteiger partial charge on any atom is -0.475 e. The topological polar surface area (TPSA) is 40.0 Å². The van der Waals surface area contributed by atoms with Gasteiger partial charge in [0.15, 0.2) is 6.29 Å². The van der Waals surface area contributed by atoms with E-state index in [4.69, 9.17) is 14.2 Å². The predicted octanol–water partition coefficient (Wildman–Crippen LogP) is 4.73. The zero-order chi connectivity index (χ0) is 17.8. The van der Waals surface area contributed by atoms with Gasteiger partial charge in [-0.3, -0.25) is 0 Å². The van der Waals surface area contributed by atoms with Crippen LogP contribution in [0.25, 0.3) is 0 Å². The van der Waals surface area contributed by atoms with Gasteiger partial charge in [-0.15, -0.1) is 0 Å². The van der Waals surface area contributed by atoms with Gasteiger partial charge in [-0.25, -0.2) is 4.99 Å². The fraction of sp³-hybridized carbons (Fsp3) is 0.667. The lowest BCUT2D eigenvalue weighted by molar-refractivity contribution is -0.237. The molecule has 1 saturated heterocycles. The van der Waals surface area contributed by atoms with E-state index in [1.165, 1.54) is 19.3 Å². The van der Waals surface area contributed by atoms with Crippen LogP contribution in [0.4, 0.5) is 0 Å². The van der Waals surface area contributed by atoms with Crippen LogP contribution >= 0.6 is 0 Å². The van der Waals surface area contributed by atoms with Crippen molar-refractivity contribution in [2.45, 2.75) is 65.4 Å². The molecule has 0 amide bonds. The maximum Gasteiger partial charge on any atom is 0.216 e. The van der Waals surface area contributed by atoms with Crippen LogP contribution < -0.4 is 0 Å². The molecule has 1 aromatic rings. The lowest BCUT2D eigenvalue weighted by atomic mass is 9.96. The standard InChI is InChI=1S/C21H31NO3/c1-5-6-7-18-12-24-21(25-15(18)4)17-10-8-16(9-11-17)20-22-19(13-23-20)14(2)3/h8-11,14-15,18-19,21H,5-7,12-13H2,1-4H3/t15-,18+,19+,21+/m1/s1. The van der Waals surface area contributed by atoms with Crippen molar-refractivity contribution in [3.05, 3.63) is 35.4 Å². The molecule has 2 aliphatic rings. The fourth-order valence-corrected chi connectivity index (χ4v) is 3.32. The number of aliphatic imine (C=N–C) groups is 1. The molecule has 4 nitrogen and oxygen atoms in total. The highest BCUT2D eigenvalue weighted by Gasteiger charge is 2.29. The molecule has 0 aromatic heterocycles. The average Bonchev–Trinajstić information content (AvgIpc) is 3.11. The van der Waals surface area contributed by atoms with E-state index < -0.39 is 0 Å². The zero-order valence-corrected chi connectivity index (χ0v) is 15.9. The predicted molar refractivity (Wildman–Crippen MR) is 99.8 cm³/mol. The van der Waals surface area contributed by atoms with Gasteiger partial charge in [0.1, 0.15) is 6.61 Å². The van der Waals surface area contributed by atoms with Gasteiger partial charge in [0, 0.05) is 17.0 Å². The molecule has 1 fully saturated rings. The number of ether oxygens (including phenoxy) is 3. The average molecular weight is 345 g/mol. The van der Waals surface area contributed by atoms with Crippen LogP contribution in [0.5, 0.6) is 0 Å². The Balaban J connectivity index is 1.61. The fourth-order valence-electron chi connectivity index (χ4n) is 3.32. The number of benzene rings is 1. The van der Waals surface area contributed by atoms with E-state index in [0.29, 0.717) is 18.4 Å². The van der Waals surface area contributed by atoms with Crippen LogP contribution in [0.2, 0.25) is 0 Å². The van der Waals surface area contributed by atoms with Crippen LogP contribution in [0.1, 0.15) is 64.4 Å². The molecule has 0 aliphatic carbocycles. The largest absolute Gasteiger partial charge is 0.475 e. The molecule has 0 bridgehead atoms. The molecule has 1 aromatic carbocycles. The molecule has 0 unspecified atom stereocenters. The van der Waals surface area contributed by atoms with Crippen molar-refractivity contribution in [3.8, 4) is 0 Å². The van der Waals surface area contributed by atoms with Gasteiger partial charge in [-0.1, -0.05) is 45.7 Å². The van der Waals surface area contributed by atoms with E-state index in [0.717, 1.165) is 23.6 Å². The normalized spacial score (nSPS) is 29.6. The maximum absolute atomic E-state index is 6.11. The van der Waals surface area contributed by atoms with Gasteiger partial charge in [0.25, 0.3) is 0 Å². The molecule has 138 valence electrons. The summed E-state index contributed by atoms with van der Waals surface area (Å²) in [6, 6.07) is 8.50. The van der Waals surface area contributed by atoms with Crippen LogP contribution in [-0.2, 0) is 14.2 Å². The highest BCUT2D eigenvalue weighted by molar-refractivity contribution is 5.95. The summed E-state index contributed by atoms with van der Waals surface area (Å²) < 4.78 is 17.8. The second-order valence-corrected chi connectivity index (χ2v) is 7.59. The third kappa shape index (κ3) is 4.42. The molecule has 0 N–H and O–H groups in total. The molecule has 25 heavy (non-hydrogen) atoms. The molecule has 0 radical (unpaired) electrons. The van der Waals surface area contributed by atoms with E-state index in [1.54, 1.807) is 0 Å². The summed E-state index contributed by atoms with van der Waals surface area (Å²) in [4.78, 5) is 4.68. The minimum atomic E-state index is -0.267. The number of unbranched alkanes of at least 4 members (excludes halogenated alkanes) is 1. The first-order valence-electron chi connectivity index (χ1n) is 9.66. The highest BCUT2D eigenvalue weighted by Crippen LogP contribution is 2.31. The lowest BCUT2D eigenvalue weighted by Gasteiger charge is -2.35. The van der Waals surface area contributed by atoms with E-state index >= 15 is 0 Å². The molecule has 0 saturated carbocycles. The first-order chi connectivity index (χ1) is 12.1. The number of nitrogens with zero attached hydrogens (tertiary/aromatic N) is 1. The molecule has 2 aliphatic heterocycles. The Bertz CT molecular complexity index is 581. The molecular formula is C21H31NO3. The summed E-state index contributed by atoms with van der Waals surface area (Å²) >= 11 is 0. The van der Waals surface area contributed by atoms with E-state index in [1.807, 2.05) is 0 Å². The summed E-state index contributed by atoms with van der Waals surface area (Å²) in [6.07, 6.45) is 3.60. The summed E-state index contributed by atoms with van der Waals surface area (Å²) in [5.74, 6) is 1.76. The smallest absolute Gasteiger partial charge is 0.216 e. The summed E-state index contributed by atoms with van der Waals surface area (Å²) in [7, 11) is 0. The molecule has 4 atom stereocenters. The van der Waals surface area contributed by atoms with E-state index in [-0.39, 0.29) is 18.4 Å². The van der Waals surface area contributed by atoms with Gasteiger partial charge >= 0.3 is 0 Å². The second-order valence-electron chi connectivity index (χ2n) is 7.59. The summed E-state index contributed by atoms with van der Waals surface area (Å²) in [6.45, 7) is 10.2. The molecule has 2 heterocycles. The zero-order valence-electron chi connectivity index (χ0n) is 15.9. The van der Waals surface area contributed by atoms with Gasteiger partial charge in [-0.05, 0) is 31.4 Å². The summed E-state index contributed by atoms with van der Waals surface area (Å²) in [5.41, 5.74) is 2.08. The SMILES string of the molecule is CCCC[C@H]1CO[C@H](c2ccc(C3=N[C@H](C(C)C)CO3)cc2)O[C@@H]1C. The molecular weight excluding hydrogens is 314 g/mol. The second kappa shape index (κ2) is 8.33. The quantitative estimate of drug-likeness (QED) is 0.748. The van der Waals surface area contributed by atoms with Crippen molar-refractivity contribution in [3.63, 3.8) is 0 Å². The Morgan fingerprint density at radius 1 is 1.16 bits per heavy atom. The Labute approximate surface area is 151 Å². The molecule has 3 rings (SSSR count). The van der Waals surface area contributed by atoms with Crippen LogP contribution in [0.15, 0.2) is 29.3 Å². The van der Waals surface area contributed by atoms with Crippen LogP contribution in [0.3, 0.4) is 0 Å². The monoisotopic (exact) mass is 345 g/mol. The van der Waals surface area contributed by atoms with E-state index in [9.17, 15) is 0 Å². The highest BCUT2D eigenvalue weighted by atomic mass is 16.7. The Kier molecular flexibility index (Phi) is 6.13. The van der Waals surface area contributed by atoms with Crippen molar-refractivity contribution in [1.29, 1.82) is 0 Å². The first-order valence-corrected chi connectivity index (χ1v) is 9.66. The minimum absolute atomic E-state index is 0.235. The third-order valence-electron chi connectivity index (χ3n) is 5.27. The lowest BCUT2D eigenvalue weighted by Crippen LogP contribution is -2.34. The Hall–Kier alpha value is -1.39. The van der Waals surface area contributed by atoms with Crippen LogP contribution in [0, 0.1) is 11.8 Å². The maximum atomic E-state index is 6.11. The van der Waals surface area contributed by atoms with Gasteiger partial charge in [-0.2, -0.15) is 0 Å². The van der Waals surface area contributed by atoms with Gasteiger partial charge in [0.2, 0.25) is 5.90 Å². The third-order valence-corrected chi connectivity index (χ3v) is 5.27. The number of rotatable bonds is 6.